The first-order valence-electron chi connectivity index (χ1n) is 3.78. The molecule has 0 rings (SSSR count). The molecule has 1 unspecified atom stereocenters. The number of hydroxylamine groups is 2. The van der Waals surface area contributed by atoms with Gasteiger partial charge >= 0.3 is 6.18 Å². The summed E-state index contributed by atoms with van der Waals surface area (Å²) in [6.07, 6.45) is -6.41. The molecular weight excluding hydrogens is 203 g/mol. The van der Waals surface area contributed by atoms with Crippen LogP contribution in [0.4, 0.5) is 13.2 Å². The third-order valence-electron chi connectivity index (χ3n) is 1.54. The Balaban J connectivity index is 3.89. The normalized spacial score (nSPS) is 13.9. The third kappa shape index (κ3) is 4.43. The SMILES string of the molecule is CON(C)C(=O)COC(C)C(F)(F)F. The van der Waals surface area contributed by atoms with Crippen LogP contribution in [-0.4, -0.2) is 44.0 Å². The molecule has 14 heavy (non-hydrogen) atoms. The zero-order valence-electron chi connectivity index (χ0n) is 8.09. The molecule has 0 radical (unpaired) electrons. The number of alkyl halides is 3. The highest BCUT2D eigenvalue weighted by molar-refractivity contribution is 5.76. The molecule has 0 bridgehead atoms. The predicted octanol–water partition coefficient (Wildman–Crippen LogP) is 0.974. The maximum atomic E-state index is 11.9. The van der Waals surface area contributed by atoms with Crippen molar-refractivity contribution in [2.24, 2.45) is 0 Å². The van der Waals surface area contributed by atoms with E-state index in [1.807, 2.05) is 0 Å². The topological polar surface area (TPSA) is 38.8 Å². The summed E-state index contributed by atoms with van der Waals surface area (Å²) < 4.78 is 40.0. The number of halogens is 3. The lowest BCUT2D eigenvalue weighted by molar-refractivity contribution is -0.219. The molecule has 0 aromatic rings. The number of nitrogens with zero attached hydrogens (tertiary/aromatic N) is 1. The Labute approximate surface area is 79.5 Å². The molecule has 7 heteroatoms. The van der Waals surface area contributed by atoms with Crippen molar-refractivity contribution >= 4 is 5.91 Å². The molecule has 0 aliphatic heterocycles. The van der Waals surface area contributed by atoms with E-state index in [2.05, 4.69) is 9.57 Å². The second kappa shape index (κ2) is 5.16. The first-order valence-corrected chi connectivity index (χ1v) is 3.78. The molecule has 0 aliphatic carbocycles. The molecule has 0 N–H and O–H groups in total. The molecule has 0 saturated carbocycles. The molecule has 0 spiro atoms. The molecule has 0 aromatic heterocycles. The summed E-state index contributed by atoms with van der Waals surface area (Å²) in [6, 6.07) is 0. The van der Waals surface area contributed by atoms with Gasteiger partial charge in [0.15, 0.2) is 6.10 Å². The predicted molar refractivity (Wildman–Crippen MR) is 41.2 cm³/mol. The molecule has 0 heterocycles. The van der Waals surface area contributed by atoms with Crippen LogP contribution in [0.3, 0.4) is 0 Å². The van der Waals surface area contributed by atoms with Crippen molar-refractivity contribution < 1.29 is 27.5 Å². The Hall–Kier alpha value is -0.820. The fourth-order valence-electron chi connectivity index (χ4n) is 0.483. The monoisotopic (exact) mass is 215 g/mol. The van der Waals surface area contributed by atoms with Crippen molar-refractivity contribution in [2.75, 3.05) is 20.8 Å². The number of hydrogen-bond acceptors (Lipinski definition) is 3. The highest BCUT2D eigenvalue weighted by Gasteiger charge is 2.37. The maximum absolute atomic E-state index is 11.9. The highest BCUT2D eigenvalue weighted by Crippen LogP contribution is 2.22. The van der Waals surface area contributed by atoms with Crippen molar-refractivity contribution in [3.63, 3.8) is 0 Å². The maximum Gasteiger partial charge on any atom is 0.414 e. The van der Waals surface area contributed by atoms with Crippen LogP contribution in [0.15, 0.2) is 0 Å². The van der Waals surface area contributed by atoms with Crippen LogP contribution >= 0.6 is 0 Å². The average Bonchev–Trinajstić information content (AvgIpc) is 2.10. The second-order valence-corrected chi connectivity index (χ2v) is 2.57. The average molecular weight is 215 g/mol. The first kappa shape index (κ1) is 13.2. The van der Waals surface area contributed by atoms with Gasteiger partial charge in [-0.25, -0.2) is 5.06 Å². The Morgan fingerprint density at radius 1 is 1.50 bits per heavy atom. The summed E-state index contributed by atoms with van der Waals surface area (Å²) >= 11 is 0. The van der Waals surface area contributed by atoms with Gasteiger partial charge in [-0.1, -0.05) is 0 Å². The van der Waals surface area contributed by atoms with Crippen molar-refractivity contribution in [1.82, 2.24) is 5.06 Å². The standard InChI is InChI=1S/C7H12F3NO3/c1-5(7(8,9)10)14-4-6(12)11(2)13-3/h5H,4H2,1-3H3. The number of ether oxygens (including phenoxy) is 1. The molecule has 84 valence electrons. The molecule has 0 saturated heterocycles. The van der Waals surface area contributed by atoms with Crippen LogP contribution in [0.2, 0.25) is 0 Å². The van der Waals surface area contributed by atoms with Gasteiger partial charge in [-0.2, -0.15) is 13.2 Å². The van der Waals surface area contributed by atoms with Gasteiger partial charge in [0.1, 0.15) is 6.61 Å². The lowest BCUT2D eigenvalue weighted by Crippen LogP contribution is -2.35. The third-order valence-corrected chi connectivity index (χ3v) is 1.54. The van der Waals surface area contributed by atoms with Crippen molar-refractivity contribution in [2.45, 2.75) is 19.2 Å². The minimum absolute atomic E-state index is 0.662. The van der Waals surface area contributed by atoms with E-state index in [-0.39, 0.29) is 0 Å². The largest absolute Gasteiger partial charge is 0.414 e. The van der Waals surface area contributed by atoms with Crippen LogP contribution in [0.5, 0.6) is 0 Å². The molecular formula is C7H12F3NO3. The molecule has 0 aromatic carbocycles. The van der Waals surface area contributed by atoms with Gasteiger partial charge in [0.25, 0.3) is 5.91 Å². The van der Waals surface area contributed by atoms with E-state index < -0.39 is 24.8 Å². The molecule has 4 nitrogen and oxygen atoms in total. The highest BCUT2D eigenvalue weighted by atomic mass is 19.4. The zero-order valence-corrected chi connectivity index (χ0v) is 8.09. The second-order valence-electron chi connectivity index (χ2n) is 2.57. The lowest BCUT2D eigenvalue weighted by Gasteiger charge is -2.18. The van der Waals surface area contributed by atoms with Gasteiger partial charge in [-0.05, 0) is 6.92 Å². The van der Waals surface area contributed by atoms with E-state index >= 15 is 0 Å². The smallest absolute Gasteiger partial charge is 0.359 e. The fourth-order valence-corrected chi connectivity index (χ4v) is 0.483. The number of hydrogen-bond donors (Lipinski definition) is 0. The number of carbonyl (C=O) groups excluding carboxylic acids is 1. The van der Waals surface area contributed by atoms with Crippen molar-refractivity contribution in [3.05, 3.63) is 0 Å². The summed E-state index contributed by atoms with van der Waals surface area (Å²) in [5.74, 6) is -0.677. The summed E-state index contributed by atoms with van der Waals surface area (Å²) in [7, 11) is 2.51. The van der Waals surface area contributed by atoms with Gasteiger partial charge in [0.05, 0.1) is 7.11 Å². The van der Waals surface area contributed by atoms with Gasteiger partial charge in [0, 0.05) is 7.05 Å². The minimum Gasteiger partial charge on any atom is -0.359 e. The molecule has 1 amide bonds. The Morgan fingerprint density at radius 3 is 2.36 bits per heavy atom. The fraction of sp³-hybridized carbons (Fsp3) is 0.857. The number of amides is 1. The quantitative estimate of drug-likeness (QED) is 0.656. The van der Waals surface area contributed by atoms with E-state index in [1.54, 1.807) is 0 Å². The lowest BCUT2D eigenvalue weighted by atomic mass is 10.4. The van der Waals surface area contributed by atoms with Gasteiger partial charge in [0.2, 0.25) is 0 Å². The summed E-state index contributed by atoms with van der Waals surface area (Å²) in [4.78, 5) is 15.4. The van der Waals surface area contributed by atoms with E-state index in [4.69, 9.17) is 0 Å². The van der Waals surface area contributed by atoms with Crippen LogP contribution in [-0.2, 0) is 14.4 Å². The Kier molecular flexibility index (Phi) is 4.86. The van der Waals surface area contributed by atoms with Crippen LogP contribution < -0.4 is 0 Å². The van der Waals surface area contributed by atoms with E-state index in [0.29, 0.717) is 0 Å². The number of likely N-dealkylation sites (N-methyl/N-ethyl adjacent to an activating group) is 1. The van der Waals surface area contributed by atoms with Crippen LogP contribution in [0.25, 0.3) is 0 Å². The van der Waals surface area contributed by atoms with Gasteiger partial charge in [-0.15, -0.1) is 0 Å². The first-order chi connectivity index (χ1) is 6.29. The molecule has 1 atom stereocenters. The summed E-state index contributed by atoms with van der Waals surface area (Å²) in [5, 5.41) is 0.795. The van der Waals surface area contributed by atoms with Crippen molar-refractivity contribution in [3.8, 4) is 0 Å². The number of carbonyl (C=O) groups is 1. The van der Waals surface area contributed by atoms with Gasteiger partial charge < -0.3 is 4.74 Å². The van der Waals surface area contributed by atoms with Crippen molar-refractivity contribution in [1.29, 1.82) is 0 Å². The molecule has 0 aliphatic rings. The molecule has 0 fully saturated rings. The van der Waals surface area contributed by atoms with E-state index in [0.717, 1.165) is 12.0 Å². The number of rotatable bonds is 4. The Bertz CT molecular complexity index is 195. The Morgan fingerprint density at radius 2 is 2.00 bits per heavy atom. The van der Waals surface area contributed by atoms with Gasteiger partial charge in [-0.3, -0.25) is 9.63 Å². The zero-order chi connectivity index (χ0) is 11.4. The van der Waals surface area contributed by atoms with Crippen LogP contribution in [0.1, 0.15) is 6.92 Å². The van der Waals surface area contributed by atoms with E-state index in [9.17, 15) is 18.0 Å². The van der Waals surface area contributed by atoms with E-state index in [1.165, 1.54) is 14.2 Å². The van der Waals surface area contributed by atoms with Crippen LogP contribution in [0, 0.1) is 0 Å². The summed E-state index contributed by atoms with van der Waals surface area (Å²) in [6.45, 7) is 0.172. The minimum atomic E-state index is -4.45. The summed E-state index contributed by atoms with van der Waals surface area (Å²) in [5.41, 5.74) is 0.